The SMILES string of the molecule is CCCC1=C(C(=O)OCC)[C@H](c2ccc(C(C)C)cc2)n2c(s/c(=C/c3ccc(Sc4ccccc4)o3)c2=O)=N1. The first kappa shape index (κ1) is 27.9. The highest BCUT2D eigenvalue weighted by Crippen LogP contribution is 2.33. The maximum absolute atomic E-state index is 13.9. The van der Waals surface area contributed by atoms with Crippen LogP contribution in [-0.4, -0.2) is 17.1 Å². The molecule has 0 spiro atoms. The van der Waals surface area contributed by atoms with E-state index in [1.807, 2.05) is 54.6 Å². The van der Waals surface area contributed by atoms with Crippen molar-refractivity contribution in [2.45, 2.75) is 62.5 Å². The van der Waals surface area contributed by atoms with Crippen molar-refractivity contribution in [3.05, 3.63) is 115 Å². The van der Waals surface area contributed by atoms with E-state index < -0.39 is 12.0 Å². The number of hydrogen-bond donors (Lipinski definition) is 0. The minimum atomic E-state index is -0.624. The molecule has 1 aliphatic heterocycles. The van der Waals surface area contributed by atoms with Gasteiger partial charge in [-0.25, -0.2) is 9.79 Å². The Balaban J connectivity index is 1.62. The Hall–Kier alpha value is -3.62. The zero-order valence-electron chi connectivity index (χ0n) is 23.0. The monoisotopic (exact) mass is 572 g/mol. The average molecular weight is 573 g/mol. The van der Waals surface area contributed by atoms with Gasteiger partial charge in [-0.15, -0.1) is 0 Å². The van der Waals surface area contributed by atoms with E-state index in [9.17, 15) is 9.59 Å². The van der Waals surface area contributed by atoms with E-state index in [0.717, 1.165) is 22.0 Å². The van der Waals surface area contributed by atoms with Gasteiger partial charge in [-0.1, -0.05) is 92.8 Å². The number of benzene rings is 2. The summed E-state index contributed by atoms with van der Waals surface area (Å²) in [7, 11) is 0. The van der Waals surface area contributed by atoms with Crippen molar-refractivity contribution in [1.82, 2.24) is 4.57 Å². The summed E-state index contributed by atoms with van der Waals surface area (Å²) in [5, 5.41) is 0.739. The number of ether oxygens (including phenoxy) is 1. The number of aromatic nitrogens is 1. The highest BCUT2D eigenvalue weighted by Gasteiger charge is 2.34. The predicted molar refractivity (Wildman–Crippen MR) is 159 cm³/mol. The van der Waals surface area contributed by atoms with E-state index in [0.29, 0.717) is 38.7 Å². The molecule has 3 heterocycles. The van der Waals surface area contributed by atoms with Gasteiger partial charge in [0.05, 0.1) is 28.5 Å². The van der Waals surface area contributed by atoms with Crippen molar-refractivity contribution in [1.29, 1.82) is 0 Å². The molecule has 0 bridgehead atoms. The molecule has 1 atom stereocenters. The lowest BCUT2D eigenvalue weighted by atomic mass is 9.92. The zero-order valence-corrected chi connectivity index (χ0v) is 24.7. The molecule has 1 aliphatic rings. The molecule has 6 nitrogen and oxygen atoms in total. The lowest BCUT2D eigenvalue weighted by molar-refractivity contribution is -0.139. The van der Waals surface area contributed by atoms with Gasteiger partial charge in [-0.05, 0) is 54.7 Å². The second-order valence-corrected chi connectivity index (χ2v) is 11.9. The number of furan rings is 1. The van der Waals surface area contributed by atoms with Crippen LogP contribution in [0.5, 0.6) is 0 Å². The number of esters is 1. The van der Waals surface area contributed by atoms with Crippen molar-refractivity contribution < 1.29 is 13.9 Å². The van der Waals surface area contributed by atoms with Gasteiger partial charge in [0.25, 0.3) is 5.56 Å². The number of hydrogen-bond acceptors (Lipinski definition) is 7. The molecular weight excluding hydrogens is 540 g/mol. The molecule has 8 heteroatoms. The molecular formula is C32H32N2O4S2. The van der Waals surface area contributed by atoms with Crippen LogP contribution in [0, 0.1) is 0 Å². The minimum absolute atomic E-state index is 0.215. The molecule has 0 fully saturated rings. The van der Waals surface area contributed by atoms with Crippen LogP contribution in [0.1, 0.15) is 69.4 Å². The molecule has 0 radical (unpaired) electrons. The molecule has 4 aromatic rings. The fourth-order valence-electron chi connectivity index (χ4n) is 4.70. The van der Waals surface area contributed by atoms with Gasteiger partial charge in [-0.2, -0.15) is 0 Å². The summed E-state index contributed by atoms with van der Waals surface area (Å²) in [5.74, 6) is 0.514. The number of carbonyl (C=O) groups excluding carboxylic acids is 1. The summed E-state index contributed by atoms with van der Waals surface area (Å²) in [5.41, 5.74) is 2.93. The Morgan fingerprint density at radius 3 is 2.52 bits per heavy atom. The van der Waals surface area contributed by atoms with Crippen molar-refractivity contribution in [3.8, 4) is 0 Å². The van der Waals surface area contributed by atoms with Crippen LogP contribution in [0.15, 0.2) is 102 Å². The topological polar surface area (TPSA) is 73.8 Å². The van der Waals surface area contributed by atoms with Gasteiger partial charge in [0, 0.05) is 11.0 Å². The van der Waals surface area contributed by atoms with E-state index in [4.69, 9.17) is 14.1 Å². The molecule has 0 aliphatic carbocycles. The molecule has 0 saturated carbocycles. The van der Waals surface area contributed by atoms with Crippen LogP contribution < -0.4 is 14.9 Å². The van der Waals surface area contributed by atoms with Gasteiger partial charge in [-0.3, -0.25) is 9.36 Å². The standard InChI is InChI=1S/C32H32N2O4S2/c1-5-10-25-28(31(36)37-6-2)29(22-15-13-21(14-16-22)20(3)4)34-30(35)26(40-32(34)33-25)19-23-17-18-27(38-23)39-24-11-8-7-9-12-24/h7-9,11-20,29H,5-6,10H2,1-4H3/b26-19+/t29-/m0/s1. The van der Waals surface area contributed by atoms with Crippen molar-refractivity contribution in [2.75, 3.05) is 6.61 Å². The van der Waals surface area contributed by atoms with E-state index in [1.165, 1.54) is 28.7 Å². The Labute approximate surface area is 241 Å². The average Bonchev–Trinajstić information content (AvgIpc) is 3.52. The molecule has 0 saturated heterocycles. The van der Waals surface area contributed by atoms with E-state index in [1.54, 1.807) is 17.6 Å². The van der Waals surface area contributed by atoms with Gasteiger partial charge in [0.2, 0.25) is 0 Å². The van der Waals surface area contributed by atoms with Crippen molar-refractivity contribution in [3.63, 3.8) is 0 Å². The first-order valence-corrected chi connectivity index (χ1v) is 15.2. The third-order valence-corrected chi connectivity index (χ3v) is 8.56. The quantitative estimate of drug-likeness (QED) is 0.216. The highest BCUT2D eigenvalue weighted by atomic mass is 32.2. The molecule has 206 valence electrons. The van der Waals surface area contributed by atoms with Crippen LogP contribution in [0.25, 0.3) is 6.08 Å². The summed E-state index contributed by atoms with van der Waals surface area (Å²) in [4.78, 5) is 33.7. The maximum atomic E-state index is 13.9. The van der Waals surface area contributed by atoms with Gasteiger partial charge >= 0.3 is 5.97 Å². The Morgan fingerprint density at radius 1 is 1.10 bits per heavy atom. The Morgan fingerprint density at radius 2 is 1.85 bits per heavy atom. The van der Waals surface area contributed by atoms with Gasteiger partial charge in [0.15, 0.2) is 9.89 Å². The summed E-state index contributed by atoms with van der Waals surface area (Å²) < 4.78 is 13.6. The number of thiazole rings is 1. The molecule has 0 amide bonds. The number of rotatable bonds is 9. The number of carbonyl (C=O) groups is 1. The van der Waals surface area contributed by atoms with E-state index >= 15 is 0 Å². The van der Waals surface area contributed by atoms with Crippen LogP contribution >= 0.6 is 23.1 Å². The van der Waals surface area contributed by atoms with Crippen LogP contribution in [0.4, 0.5) is 0 Å². The van der Waals surface area contributed by atoms with Crippen LogP contribution in [0.3, 0.4) is 0 Å². The summed E-state index contributed by atoms with van der Waals surface area (Å²) in [6.45, 7) is 8.36. The first-order chi connectivity index (χ1) is 19.4. The van der Waals surface area contributed by atoms with E-state index in [2.05, 4.69) is 32.9 Å². The fourth-order valence-corrected chi connectivity index (χ4v) is 6.50. The minimum Gasteiger partial charge on any atom is -0.463 e. The largest absolute Gasteiger partial charge is 0.463 e. The number of allylic oxidation sites excluding steroid dienone is 1. The van der Waals surface area contributed by atoms with Gasteiger partial charge in [0.1, 0.15) is 5.76 Å². The highest BCUT2D eigenvalue weighted by molar-refractivity contribution is 7.99. The number of fused-ring (bicyclic) bond motifs is 1. The van der Waals surface area contributed by atoms with Crippen LogP contribution in [0.2, 0.25) is 0 Å². The Kier molecular flexibility index (Phi) is 8.57. The second-order valence-electron chi connectivity index (χ2n) is 9.81. The third kappa shape index (κ3) is 5.78. The molecule has 5 rings (SSSR count). The Bertz CT molecular complexity index is 1710. The molecule has 40 heavy (non-hydrogen) atoms. The van der Waals surface area contributed by atoms with Gasteiger partial charge < -0.3 is 9.15 Å². The lowest BCUT2D eigenvalue weighted by Gasteiger charge is -2.26. The normalized spacial score (nSPS) is 15.3. The maximum Gasteiger partial charge on any atom is 0.338 e. The van der Waals surface area contributed by atoms with E-state index in [-0.39, 0.29) is 12.2 Å². The van der Waals surface area contributed by atoms with Crippen molar-refractivity contribution in [2.24, 2.45) is 4.99 Å². The lowest BCUT2D eigenvalue weighted by Crippen LogP contribution is -2.40. The smallest absolute Gasteiger partial charge is 0.338 e. The summed E-state index contributed by atoms with van der Waals surface area (Å²) in [6, 6.07) is 21.3. The fraction of sp³-hybridized carbons (Fsp3) is 0.281. The molecule has 0 unspecified atom stereocenters. The molecule has 0 N–H and O–H groups in total. The van der Waals surface area contributed by atoms with Crippen molar-refractivity contribution >= 4 is 35.1 Å². The summed E-state index contributed by atoms with van der Waals surface area (Å²) >= 11 is 2.83. The predicted octanol–water partition coefficient (Wildman–Crippen LogP) is 6.45. The molecule has 2 aromatic heterocycles. The third-order valence-electron chi connectivity index (χ3n) is 6.65. The molecule has 2 aromatic carbocycles. The number of nitrogens with zero attached hydrogens (tertiary/aromatic N) is 2. The van der Waals surface area contributed by atoms with Crippen LogP contribution in [-0.2, 0) is 9.53 Å². The first-order valence-electron chi connectivity index (χ1n) is 13.5. The summed E-state index contributed by atoms with van der Waals surface area (Å²) in [6.07, 6.45) is 3.17. The second kappa shape index (κ2) is 12.3. The zero-order chi connectivity index (χ0) is 28.2.